The summed E-state index contributed by atoms with van der Waals surface area (Å²) in [6.07, 6.45) is 8.11. The number of aryl methyl sites for hydroxylation is 1. The lowest BCUT2D eigenvalue weighted by molar-refractivity contribution is -0.119. The second kappa shape index (κ2) is 9.26. The molecule has 144 valence electrons. The van der Waals surface area contributed by atoms with Crippen LogP contribution in [0.25, 0.3) is 11.3 Å². The maximum Gasteiger partial charge on any atom is 0.167 e. The molecular weight excluding hydrogens is 343 g/mol. The standard InChI is InChI=1S/C19H21FN4O.C2H6/c1-4-5-13(2)18-14(3)12-24(22-18)15-10-17(20)19(21-11-15)23-8-6-16(25)7-9-23;1-2/h4-5,10-12H,2,6-9H2,1,3H3;1-2H3/b5-4-;. The molecule has 1 aliphatic rings. The second-order valence-electron chi connectivity index (χ2n) is 6.16. The molecular formula is C21H27FN4O. The number of Topliss-reactive ketones (excluding diaryl/α,β-unsaturated/α-hetero) is 1. The van der Waals surface area contributed by atoms with Gasteiger partial charge < -0.3 is 4.90 Å². The van der Waals surface area contributed by atoms with Crippen molar-refractivity contribution >= 4 is 17.2 Å². The lowest BCUT2D eigenvalue weighted by Crippen LogP contribution is -2.35. The van der Waals surface area contributed by atoms with E-state index in [1.165, 1.54) is 6.07 Å². The van der Waals surface area contributed by atoms with Gasteiger partial charge in [-0.05, 0) is 25.0 Å². The van der Waals surface area contributed by atoms with Gasteiger partial charge in [-0.3, -0.25) is 4.79 Å². The molecule has 0 aliphatic carbocycles. The van der Waals surface area contributed by atoms with Crippen LogP contribution in [0.15, 0.2) is 37.2 Å². The number of nitrogens with zero attached hydrogens (tertiary/aromatic N) is 4. The summed E-state index contributed by atoms with van der Waals surface area (Å²) in [5.41, 5.74) is 3.10. The molecule has 0 amide bonds. The van der Waals surface area contributed by atoms with Gasteiger partial charge in [-0.2, -0.15) is 5.10 Å². The number of halogens is 1. The highest BCUT2D eigenvalue weighted by Gasteiger charge is 2.21. The molecule has 27 heavy (non-hydrogen) atoms. The molecule has 1 saturated heterocycles. The molecule has 0 bridgehead atoms. The van der Waals surface area contributed by atoms with Crippen molar-refractivity contribution in [3.63, 3.8) is 0 Å². The molecule has 0 N–H and O–H groups in total. The van der Waals surface area contributed by atoms with Crippen LogP contribution in [-0.2, 0) is 4.79 Å². The van der Waals surface area contributed by atoms with E-state index >= 15 is 0 Å². The van der Waals surface area contributed by atoms with Crippen LogP contribution in [-0.4, -0.2) is 33.6 Å². The summed E-state index contributed by atoms with van der Waals surface area (Å²) in [6, 6.07) is 1.42. The number of aromatic nitrogens is 3. The Kier molecular flexibility index (Phi) is 7.05. The summed E-state index contributed by atoms with van der Waals surface area (Å²) in [6.45, 7) is 12.9. The van der Waals surface area contributed by atoms with E-state index in [9.17, 15) is 9.18 Å². The third-order valence-electron chi connectivity index (χ3n) is 4.26. The van der Waals surface area contributed by atoms with Crippen molar-refractivity contribution in [2.45, 2.75) is 40.5 Å². The Hall–Kier alpha value is -2.76. The summed E-state index contributed by atoms with van der Waals surface area (Å²) in [5, 5.41) is 4.49. The summed E-state index contributed by atoms with van der Waals surface area (Å²) in [7, 11) is 0. The zero-order chi connectivity index (χ0) is 20.0. The van der Waals surface area contributed by atoms with Crippen molar-refractivity contribution < 1.29 is 9.18 Å². The van der Waals surface area contributed by atoms with Crippen LogP contribution in [0.5, 0.6) is 0 Å². The highest BCUT2D eigenvalue weighted by Crippen LogP contribution is 2.23. The number of rotatable bonds is 4. The molecule has 5 nitrogen and oxygen atoms in total. The van der Waals surface area contributed by atoms with Crippen LogP contribution in [0.3, 0.4) is 0 Å². The molecule has 1 fully saturated rings. The second-order valence-corrected chi connectivity index (χ2v) is 6.16. The van der Waals surface area contributed by atoms with Crippen molar-refractivity contribution in [3.8, 4) is 5.69 Å². The van der Waals surface area contributed by atoms with Crippen LogP contribution in [0.1, 0.15) is 44.9 Å². The number of anilines is 1. The number of pyridine rings is 1. The largest absolute Gasteiger partial charge is 0.353 e. The predicted molar refractivity (Wildman–Crippen MR) is 108 cm³/mol. The van der Waals surface area contributed by atoms with Crippen molar-refractivity contribution in [1.82, 2.24) is 14.8 Å². The first kappa shape index (κ1) is 20.6. The maximum absolute atomic E-state index is 14.5. The molecule has 1 aliphatic heterocycles. The van der Waals surface area contributed by atoms with E-state index in [4.69, 9.17) is 0 Å². The molecule has 0 saturated carbocycles. The number of carbonyl (C=O) groups excluding carboxylic acids is 1. The van der Waals surface area contributed by atoms with Gasteiger partial charge in [0, 0.05) is 38.2 Å². The lowest BCUT2D eigenvalue weighted by atomic mass is 10.1. The first-order chi connectivity index (χ1) is 13.0. The fourth-order valence-electron chi connectivity index (χ4n) is 2.94. The van der Waals surface area contributed by atoms with Crippen LogP contribution >= 0.6 is 0 Å². The predicted octanol–water partition coefficient (Wildman–Crippen LogP) is 4.50. The summed E-state index contributed by atoms with van der Waals surface area (Å²) in [4.78, 5) is 17.4. The SMILES string of the molecule is C=C(/C=C\C)c1nn(-c2cnc(N3CCC(=O)CC3)c(F)c2)cc1C.CC. The fraction of sp³-hybridized carbons (Fsp3) is 0.381. The minimum absolute atomic E-state index is 0.217. The smallest absolute Gasteiger partial charge is 0.167 e. The topological polar surface area (TPSA) is 51.0 Å². The Morgan fingerprint density at radius 1 is 1.30 bits per heavy atom. The molecule has 3 heterocycles. The van der Waals surface area contributed by atoms with Gasteiger partial charge in [0.1, 0.15) is 5.78 Å². The zero-order valence-corrected chi connectivity index (χ0v) is 16.5. The number of hydrogen-bond acceptors (Lipinski definition) is 4. The molecule has 0 atom stereocenters. The normalized spacial score (nSPS) is 14.3. The zero-order valence-electron chi connectivity index (χ0n) is 16.5. The summed E-state index contributed by atoms with van der Waals surface area (Å²) < 4.78 is 16.2. The van der Waals surface area contributed by atoms with Crippen LogP contribution in [0, 0.1) is 12.7 Å². The van der Waals surface area contributed by atoms with Gasteiger partial charge in [-0.15, -0.1) is 0 Å². The van der Waals surface area contributed by atoms with Gasteiger partial charge in [0.05, 0.1) is 17.6 Å². The van der Waals surface area contributed by atoms with Crippen molar-refractivity contribution in [3.05, 3.63) is 54.3 Å². The molecule has 0 spiro atoms. The quantitative estimate of drug-likeness (QED) is 0.744. The van der Waals surface area contributed by atoms with Gasteiger partial charge in [0.15, 0.2) is 11.6 Å². The average molecular weight is 370 g/mol. The number of carbonyl (C=O) groups is 1. The first-order valence-corrected chi connectivity index (χ1v) is 9.30. The highest BCUT2D eigenvalue weighted by atomic mass is 19.1. The van der Waals surface area contributed by atoms with E-state index in [1.807, 2.05) is 50.9 Å². The molecule has 6 heteroatoms. The first-order valence-electron chi connectivity index (χ1n) is 9.30. The van der Waals surface area contributed by atoms with E-state index in [0.717, 1.165) is 16.8 Å². The van der Waals surface area contributed by atoms with Gasteiger partial charge in [0.2, 0.25) is 0 Å². The van der Waals surface area contributed by atoms with Crippen LogP contribution in [0.4, 0.5) is 10.2 Å². The minimum Gasteiger partial charge on any atom is -0.353 e. The van der Waals surface area contributed by atoms with Crippen molar-refractivity contribution in [1.29, 1.82) is 0 Å². The Balaban J connectivity index is 0.00000126. The monoisotopic (exact) mass is 370 g/mol. The van der Waals surface area contributed by atoms with Crippen LogP contribution < -0.4 is 4.90 Å². The van der Waals surface area contributed by atoms with E-state index in [-0.39, 0.29) is 5.78 Å². The Morgan fingerprint density at radius 2 is 1.96 bits per heavy atom. The number of hydrogen-bond donors (Lipinski definition) is 0. The van der Waals surface area contributed by atoms with E-state index in [2.05, 4.69) is 16.7 Å². The Bertz CT molecular complexity index is 844. The number of piperidine rings is 1. The van der Waals surface area contributed by atoms with E-state index in [1.54, 1.807) is 10.9 Å². The fourth-order valence-corrected chi connectivity index (χ4v) is 2.94. The lowest BCUT2D eigenvalue weighted by Gasteiger charge is -2.27. The average Bonchev–Trinajstić information content (AvgIpc) is 3.06. The van der Waals surface area contributed by atoms with E-state index < -0.39 is 5.82 Å². The Morgan fingerprint density at radius 3 is 2.56 bits per heavy atom. The van der Waals surface area contributed by atoms with Crippen molar-refractivity contribution in [2.24, 2.45) is 0 Å². The third-order valence-corrected chi connectivity index (χ3v) is 4.26. The van der Waals surface area contributed by atoms with Crippen molar-refractivity contribution in [2.75, 3.05) is 18.0 Å². The summed E-state index contributed by atoms with van der Waals surface area (Å²) in [5.74, 6) is 0.0988. The van der Waals surface area contributed by atoms with Crippen LogP contribution in [0.2, 0.25) is 0 Å². The molecule has 0 unspecified atom stereocenters. The minimum atomic E-state index is -0.408. The molecule has 3 rings (SSSR count). The van der Waals surface area contributed by atoms with Gasteiger partial charge >= 0.3 is 0 Å². The van der Waals surface area contributed by atoms with Gasteiger partial charge in [0.25, 0.3) is 0 Å². The number of ketones is 1. The molecule has 0 radical (unpaired) electrons. The maximum atomic E-state index is 14.5. The van der Waals surface area contributed by atoms with Gasteiger partial charge in [-0.1, -0.05) is 32.6 Å². The van der Waals surface area contributed by atoms with Gasteiger partial charge in [-0.25, -0.2) is 14.1 Å². The molecule has 0 aromatic carbocycles. The molecule has 2 aromatic heterocycles. The Labute approximate surface area is 160 Å². The molecule has 2 aromatic rings. The third kappa shape index (κ3) is 4.70. The highest BCUT2D eigenvalue weighted by molar-refractivity contribution is 5.80. The number of allylic oxidation sites excluding steroid dienone is 3. The summed E-state index contributed by atoms with van der Waals surface area (Å²) >= 11 is 0. The van der Waals surface area contributed by atoms with E-state index in [0.29, 0.717) is 37.4 Å².